The molecule has 2 rings (SSSR count). The van der Waals surface area contributed by atoms with Gasteiger partial charge in [-0.1, -0.05) is 70.1 Å². The normalized spacial score (nSPS) is 10.3. The average molecular weight is 484 g/mol. The first-order valence-electron chi connectivity index (χ1n) is 8.17. The zero-order valence-corrected chi connectivity index (χ0v) is 18.3. The van der Waals surface area contributed by atoms with Gasteiger partial charge in [-0.25, -0.2) is 0 Å². The second-order valence-corrected chi connectivity index (χ2v) is 7.69. The highest BCUT2D eigenvalue weighted by Gasteiger charge is 2.11. The Bertz CT molecular complexity index is 830. The number of rotatable bonds is 9. The fraction of sp³-hybridized carbons (Fsp3) is 0.211. The molecule has 0 aliphatic rings. The first kappa shape index (κ1) is 23.0. The van der Waals surface area contributed by atoms with Crippen molar-refractivity contribution in [1.82, 2.24) is 5.32 Å². The summed E-state index contributed by atoms with van der Waals surface area (Å²) in [6.07, 6.45) is 2.05. The minimum atomic E-state index is -0.241. The summed E-state index contributed by atoms with van der Waals surface area (Å²) in [7, 11) is 0. The number of carbonyl (C=O) groups is 1. The van der Waals surface area contributed by atoms with Crippen LogP contribution in [0.2, 0.25) is 15.1 Å². The van der Waals surface area contributed by atoms with Crippen molar-refractivity contribution < 1.29 is 14.3 Å². The molecule has 0 aliphatic heterocycles. The van der Waals surface area contributed by atoms with Gasteiger partial charge in [0.2, 0.25) is 0 Å². The molecule has 1 N–H and O–H groups in total. The summed E-state index contributed by atoms with van der Waals surface area (Å²) in [4.78, 5) is 12.1. The predicted molar refractivity (Wildman–Crippen MR) is 116 cm³/mol. The summed E-state index contributed by atoms with van der Waals surface area (Å²) in [5, 5.41) is 3.80. The minimum Gasteiger partial charge on any atom is -0.490 e. The number of hydrogen-bond acceptors (Lipinski definition) is 3. The van der Waals surface area contributed by atoms with Crippen molar-refractivity contribution in [2.45, 2.75) is 6.42 Å². The van der Waals surface area contributed by atoms with Crippen LogP contribution in [-0.4, -0.2) is 25.7 Å². The van der Waals surface area contributed by atoms with E-state index in [1.807, 2.05) is 0 Å². The molecule has 0 saturated carbocycles. The second-order valence-electron chi connectivity index (χ2n) is 5.46. The fourth-order valence-corrected chi connectivity index (χ4v) is 3.07. The molecule has 2 aromatic carbocycles. The predicted octanol–water partition coefficient (Wildman–Crippen LogP) is 6.54. The summed E-state index contributed by atoms with van der Waals surface area (Å²) in [6, 6.07) is 10.0. The Morgan fingerprint density at radius 2 is 1.68 bits per heavy atom. The molecule has 0 aliphatic carbocycles. The lowest BCUT2D eigenvalue weighted by Crippen LogP contribution is -2.25. The summed E-state index contributed by atoms with van der Waals surface area (Å²) < 4.78 is 11.2. The third-order valence-corrected chi connectivity index (χ3v) is 4.63. The molecular formula is C19H16Cl5NO3. The van der Waals surface area contributed by atoms with Gasteiger partial charge in [0.15, 0.2) is 5.75 Å². The Kier molecular flexibility index (Phi) is 9.56. The highest BCUT2D eigenvalue weighted by Crippen LogP contribution is 2.37. The number of nitrogens with one attached hydrogen (secondary N) is 1. The van der Waals surface area contributed by atoms with Crippen LogP contribution in [0.4, 0.5) is 0 Å². The van der Waals surface area contributed by atoms with Gasteiger partial charge in [0.1, 0.15) is 16.8 Å². The van der Waals surface area contributed by atoms with Crippen LogP contribution in [0.25, 0.3) is 0 Å². The summed E-state index contributed by atoms with van der Waals surface area (Å²) in [6.45, 7) is 0.902. The lowest BCUT2D eigenvalue weighted by molar-refractivity contribution is 0.0951. The van der Waals surface area contributed by atoms with Crippen molar-refractivity contribution in [1.29, 1.82) is 0 Å². The standard InChI is InChI=1S/C19H16Cl5NO3/c20-14-5-2-1-4-13(14)19(26)25-7-3-8-28-18-15(21)10-12(11-16(18)22)27-9-6-17(23)24/h1-2,4-6,10-11H,3,7-9H2,(H,25,26). The van der Waals surface area contributed by atoms with Crippen LogP contribution in [0, 0.1) is 0 Å². The molecule has 28 heavy (non-hydrogen) atoms. The first-order chi connectivity index (χ1) is 13.4. The maximum absolute atomic E-state index is 12.1. The van der Waals surface area contributed by atoms with Crippen LogP contribution in [0.1, 0.15) is 16.8 Å². The van der Waals surface area contributed by atoms with E-state index in [0.29, 0.717) is 51.7 Å². The fourth-order valence-electron chi connectivity index (χ4n) is 2.15. The number of carbonyl (C=O) groups excluding carboxylic acids is 1. The van der Waals surface area contributed by atoms with E-state index >= 15 is 0 Å². The minimum absolute atomic E-state index is 0.110. The van der Waals surface area contributed by atoms with Gasteiger partial charge in [-0.15, -0.1) is 0 Å². The average Bonchev–Trinajstić information content (AvgIpc) is 2.63. The van der Waals surface area contributed by atoms with Crippen LogP contribution < -0.4 is 14.8 Å². The number of ether oxygens (including phenoxy) is 2. The van der Waals surface area contributed by atoms with Crippen LogP contribution >= 0.6 is 58.0 Å². The van der Waals surface area contributed by atoms with Gasteiger partial charge in [-0.05, 0) is 24.6 Å². The molecule has 0 bridgehead atoms. The van der Waals surface area contributed by atoms with Crippen LogP contribution in [-0.2, 0) is 0 Å². The molecule has 0 atom stereocenters. The molecule has 0 unspecified atom stereocenters. The van der Waals surface area contributed by atoms with Crippen molar-refractivity contribution >= 4 is 63.9 Å². The lowest BCUT2D eigenvalue weighted by atomic mass is 10.2. The third-order valence-electron chi connectivity index (χ3n) is 3.43. The summed E-state index contributed by atoms with van der Waals surface area (Å²) in [5.41, 5.74) is 0.428. The highest BCUT2D eigenvalue weighted by molar-refractivity contribution is 6.55. The van der Waals surface area contributed by atoms with Crippen molar-refractivity contribution in [3.63, 3.8) is 0 Å². The van der Waals surface area contributed by atoms with Crippen LogP contribution in [0.15, 0.2) is 47.0 Å². The lowest BCUT2D eigenvalue weighted by Gasteiger charge is -2.12. The number of halogens is 5. The molecule has 2 aromatic rings. The Morgan fingerprint density at radius 1 is 1.00 bits per heavy atom. The number of benzene rings is 2. The molecule has 0 saturated heterocycles. The van der Waals surface area contributed by atoms with E-state index in [0.717, 1.165) is 0 Å². The maximum atomic E-state index is 12.1. The van der Waals surface area contributed by atoms with Crippen LogP contribution in [0.3, 0.4) is 0 Å². The molecular weight excluding hydrogens is 467 g/mol. The van der Waals surface area contributed by atoms with Gasteiger partial charge in [-0.2, -0.15) is 0 Å². The molecule has 150 valence electrons. The van der Waals surface area contributed by atoms with E-state index in [2.05, 4.69) is 5.32 Å². The van der Waals surface area contributed by atoms with Crippen molar-refractivity contribution in [2.24, 2.45) is 0 Å². The van der Waals surface area contributed by atoms with Crippen molar-refractivity contribution in [2.75, 3.05) is 19.8 Å². The second kappa shape index (κ2) is 11.6. The van der Waals surface area contributed by atoms with E-state index in [1.54, 1.807) is 36.4 Å². The number of hydrogen-bond donors (Lipinski definition) is 1. The topological polar surface area (TPSA) is 47.6 Å². The van der Waals surface area contributed by atoms with Gasteiger partial charge in [0.25, 0.3) is 5.91 Å². The van der Waals surface area contributed by atoms with Gasteiger partial charge in [0, 0.05) is 18.7 Å². The molecule has 9 heteroatoms. The Balaban J connectivity index is 1.80. The Labute approximate surface area is 188 Å². The quantitative estimate of drug-likeness (QED) is 0.412. The largest absolute Gasteiger partial charge is 0.490 e. The van der Waals surface area contributed by atoms with E-state index < -0.39 is 0 Å². The van der Waals surface area contributed by atoms with E-state index in [4.69, 9.17) is 67.5 Å². The molecule has 0 heterocycles. The van der Waals surface area contributed by atoms with Gasteiger partial charge in [-0.3, -0.25) is 4.79 Å². The Hall–Kier alpha value is -1.30. The third kappa shape index (κ3) is 7.26. The van der Waals surface area contributed by atoms with Gasteiger partial charge >= 0.3 is 0 Å². The molecule has 4 nitrogen and oxygen atoms in total. The van der Waals surface area contributed by atoms with Gasteiger partial charge < -0.3 is 14.8 Å². The van der Waals surface area contributed by atoms with E-state index in [9.17, 15) is 4.79 Å². The summed E-state index contributed by atoms with van der Waals surface area (Å²) in [5.74, 6) is 0.563. The summed E-state index contributed by atoms with van der Waals surface area (Å²) >= 11 is 29.4. The molecule has 0 fully saturated rings. The maximum Gasteiger partial charge on any atom is 0.252 e. The molecule has 0 radical (unpaired) electrons. The highest BCUT2D eigenvalue weighted by atomic mass is 35.5. The van der Waals surface area contributed by atoms with Crippen molar-refractivity contribution in [3.8, 4) is 11.5 Å². The zero-order chi connectivity index (χ0) is 20.5. The molecule has 0 aromatic heterocycles. The van der Waals surface area contributed by atoms with Crippen LogP contribution in [0.5, 0.6) is 11.5 Å². The van der Waals surface area contributed by atoms with E-state index in [1.165, 1.54) is 6.08 Å². The smallest absolute Gasteiger partial charge is 0.252 e. The SMILES string of the molecule is O=C(NCCCOc1c(Cl)cc(OCC=C(Cl)Cl)cc1Cl)c1ccccc1Cl. The Morgan fingerprint density at radius 3 is 2.32 bits per heavy atom. The van der Waals surface area contributed by atoms with E-state index in [-0.39, 0.29) is 17.0 Å². The molecule has 1 amide bonds. The molecule has 0 spiro atoms. The van der Waals surface area contributed by atoms with Crippen molar-refractivity contribution in [3.05, 3.63) is 67.6 Å². The first-order valence-corrected chi connectivity index (χ1v) is 10.1. The zero-order valence-electron chi connectivity index (χ0n) is 14.5. The van der Waals surface area contributed by atoms with Gasteiger partial charge in [0.05, 0.1) is 27.2 Å². The monoisotopic (exact) mass is 481 g/mol. The number of amides is 1.